The molecule has 0 fully saturated rings. The van der Waals surface area contributed by atoms with Crippen LogP contribution >= 0.6 is 0 Å². The van der Waals surface area contributed by atoms with Gasteiger partial charge in [-0.1, -0.05) is 19.8 Å². The van der Waals surface area contributed by atoms with E-state index >= 15 is 0 Å². The summed E-state index contributed by atoms with van der Waals surface area (Å²) in [7, 11) is 0. The van der Waals surface area contributed by atoms with Gasteiger partial charge in [-0.25, -0.2) is 0 Å². The Kier molecular flexibility index (Phi) is 15.2. The van der Waals surface area contributed by atoms with Crippen LogP contribution in [0.15, 0.2) is 0 Å². The van der Waals surface area contributed by atoms with Crippen molar-refractivity contribution in [2.24, 2.45) is 5.92 Å². The average Bonchev–Trinajstić information content (AvgIpc) is 1.72. The minimum absolute atomic E-state index is 0.300. The van der Waals surface area contributed by atoms with Gasteiger partial charge in [-0.3, -0.25) is 0 Å². The van der Waals surface area contributed by atoms with E-state index in [1.54, 1.807) is 0 Å². The fourth-order valence-electron chi connectivity index (χ4n) is 0.471. The maximum absolute atomic E-state index is 8.34. The van der Waals surface area contributed by atoms with E-state index in [-0.39, 0.29) is 0 Å². The van der Waals surface area contributed by atoms with Crippen LogP contribution in [0.1, 0.15) is 27.2 Å². The van der Waals surface area contributed by atoms with Gasteiger partial charge < -0.3 is 6.42 Å². The van der Waals surface area contributed by atoms with Crippen LogP contribution in [0.5, 0.6) is 0 Å². The molecule has 0 saturated carbocycles. The molecule has 0 saturated heterocycles. The maximum atomic E-state index is 8.34. The van der Waals surface area contributed by atoms with Gasteiger partial charge in [0.25, 0.3) is 0 Å². The van der Waals surface area contributed by atoms with Crippen LogP contribution in [0.3, 0.4) is 0 Å². The van der Waals surface area contributed by atoms with Crippen molar-refractivity contribution >= 4 is 0 Å². The zero-order valence-corrected chi connectivity index (χ0v) is 8.23. The normalized spacial score (nSPS) is 7.88. The molecule has 2 heteroatoms. The first-order valence-corrected chi connectivity index (χ1v) is 3.76. The number of hydrogen-bond acceptors (Lipinski definition) is 1. The van der Waals surface area contributed by atoms with Gasteiger partial charge in [0.05, 0.1) is 0 Å². The number of hydrogen-bond donors (Lipinski definition) is 0. The summed E-state index contributed by atoms with van der Waals surface area (Å²) in [5.74, 6) is 0.843. The third kappa shape index (κ3) is 15.9. The van der Waals surface area contributed by atoms with Gasteiger partial charge in [0.2, 0.25) is 0 Å². The summed E-state index contributed by atoms with van der Waals surface area (Å²) in [6.45, 7) is 6.54. The third-order valence-electron chi connectivity index (χ3n) is 0.707. The molecule has 0 aliphatic heterocycles. The molecule has 0 spiro atoms. The second-order valence-electron chi connectivity index (χ2n) is 2.04. The first kappa shape index (κ1) is 11.5. The van der Waals surface area contributed by atoms with E-state index in [0.29, 0.717) is 24.7 Å². The van der Waals surface area contributed by atoms with Gasteiger partial charge in [0, 0.05) is 0 Å². The summed E-state index contributed by atoms with van der Waals surface area (Å²) in [6.07, 6.45) is 3.45. The van der Waals surface area contributed by atoms with Crippen molar-refractivity contribution in [1.82, 2.24) is 0 Å². The Labute approximate surface area is 67.2 Å². The van der Waals surface area contributed by atoms with Crippen molar-refractivity contribution in [2.45, 2.75) is 27.2 Å². The molecule has 0 aromatic heterocycles. The van der Waals surface area contributed by atoms with Crippen LogP contribution < -0.4 is 0 Å². The van der Waals surface area contributed by atoms with Crippen LogP contribution in [0, 0.1) is 12.3 Å². The molecule has 0 unspecified atom stereocenters. The molecule has 0 N–H and O–H groups in total. The first-order valence-electron chi connectivity index (χ1n) is 2.75. The molecule has 0 aromatic carbocycles. The van der Waals surface area contributed by atoms with Crippen molar-refractivity contribution in [3.05, 3.63) is 6.42 Å². The summed E-state index contributed by atoms with van der Waals surface area (Å²) in [6, 6.07) is 0. The van der Waals surface area contributed by atoms with E-state index in [1.807, 2.05) is 0 Å². The number of rotatable bonds is 2. The molecule has 0 aliphatic carbocycles. The van der Waals surface area contributed by atoms with Gasteiger partial charge in [0.15, 0.2) is 0 Å². The standard InChI is InChI=1S/C6H13.O.Zr/c1-4-5-6(2)3;;/h4,6H,5H2,1-3H3;;/q-1;;. The molecule has 0 heterocycles. The molecule has 0 amide bonds. The van der Waals surface area contributed by atoms with Gasteiger partial charge in [-0.05, 0) is 0 Å². The van der Waals surface area contributed by atoms with E-state index in [0.717, 1.165) is 5.92 Å². The molecule has 0 atom stereocenters. The van der Waals surface area contributed by atoms with E-state index in [9.17, 15) is 0 Å². The van der Waals surface area contributed by atoms with Crippen LogP contribution in [-0.2, 0) is 27.5 Å². The topological polar surface area (TPSA) is 17.1 Å². The van der Waals surface area contributed by atoms with E-state index in [4.69, 9.17) is 2.81 Å². The predicted molar refractivity (Wildman–Crippen MR) is 30.1 cm³/mol. The van der Waals surface area contributed by atoms with Crippen molar-refractivity contribution in [3.8, 4) is 0 Å². The molecule has 1 nitrogen and oxygen atoms in total. The summed E-state index contributed by atoms with van der Waals surface area (Å²) in [5, 5.41) is 0. The van der Waals surface area contributed by atoms with Crippen molar-refractivity contribution in [2.75, 3.05) is 0 Å². The summed E-state index contributed by atoms with van der Waals surface area (Å²) in [5.41, 5.74) is 0. The zero-order chi connectivity index (χ0) is 6.99. The second-order valence-corrected chi connectivity index (χ2v) is 2.04. The Morgan fingerprint density at radius 3 is 1.88 bits per heavy atom. The van der Waals surface area contributed by atoms with Crippen LogP contribution in [0.2, 0.25) is 0 Å². The van der Waals surface area contributed by atoms with Crippen molar-refractivity contribution in [3.63, 3.8) is 0 Å². The van der Waals surface area contributed by atoms with Crippen LogP contribution in [0.25, 0.3) is 0 Å². The minimum atomic E-state index is 0.300. The van der Waals surface area contributed by atoms with Crippen LogP contribution in [0.4, 0.5) is 0 Å². The van der Waals surface area contributed by atoms with E-state index in [2.05, 4.69) is 27.2 Å². The van der Waals surface area contributed by atoms with Crippen molar-refractivity contribution in [1.29, 1.82) is 0 Å². The molecule has 0 radical (unpaired) electrons. The SMILES string of the molecule is C[CH-]CC(C)C.[O]=[Zr]. The van der Waals surface area contributed by atoms with E-state index in [1.165, 1.54) is 6.42 Å². The quantitative estimate of drug-likeness (QED) is 0.613. The fourth-order valence-corrected chi connectivity index (χ4v) is 0.471. The molecular formula is C6H13OZr-. The molecule has 0 aromatic rings. The van der Waals surface area contributed by atoms with Gasteiger partial charge >= 0.3 is 27.5 Å². The summed E-state index contributed by atoms with van der Waals surface area (Å²) < 4.78 is 8.34. The predicted octanol–water partition coefficient (Wildman–Crippen LogP) is 2.14. The molecular weight excluding hydrogens is 179 g/mol. The Hall–Kier alpha value is 0.683. The molecule has 0 bridgehead atoms. The Morgan fingerprint density at radius 1 is 1.50 bits per heavy atom. The Balaban J connectivity index is 0. The average molecular weight is 192 g/mol. The van der Waals surface area contributed by atoms with Gasteiger partial charge in [0.1, 0.15) is 0 Å². The van der Waals surface area contributed by atoms with Gasteiger partial charge in [-0.15, -0.1) is 0 Å². The molecule has 8 heavy (non-hydrogen) atoms. The Bertz CT molecular complexity index is 37.5. The van der Waals surface area contributed by atoms with Gasteiger partial charge in [-0.2, -0.15) is 13.3 Å². The summed E-state index contributed by atoms with van der Waals surface area (Å²) >= 11 is 0.300. The molecule has 48 valence electrons. The van der Waals surface area contributed by atoms with Crippen LogP contribution in [-0.4, -0.2) is 0 Å². The Morgan fingerprint density at radius 2 is 1.88 bits per heavy atom. The van der Waals surface area contributed by atoms with Crippen molar-refractivity contribution < 1.29 is 27.5 Å². The van der Waals surface area contributed by atoms with E-state index < -0.39 is 0 Å². The molecule has 0 aliphatic rings. The second kappa shape index (κ2) is 10.6. The fraction of sp³-hybridized carbons (Fsp3) is 0.833. The zero-order valence-electron chi connectivity index (χ0n) is 5.77. The first-order chi connectivity index (χ1) is 3.77. The molecule has 0 rings (SSSR count). The summed E-state index contributed by atoms with van der Waals surface area (Å²) in [4.78, 5) is 0. The third-order valence-corrected chi connectivity index (χ3v) is 0.707. The monoisotopic (exact) mass is 191 g/mol.